The number of unbranched alkanes of at least 4 members (excludes halogenated alkanes) is 1. The SMILES string of the molecule is CSCCC(N)C(=O)O.NCCCCC(N)C(=O)O.[Ca+2].[H-].[H-]. The molecule has 20 heavy (non-hydrogen) atoms. The average molecular weight is 337 g/mol. The summed E-state index contributed by atoms with van der Waals surface area (Å²) in [6.45, 7) is 0.604. The van der Waals surface area contributed by atoms with Crippen molar-refractivity contribution in [2.45, 2.75) is 37.8 Å². The second-order valence-corrected chi connectivity index (χ2v) is 4.94. The van der Waals surface area contributed by atoms with E-state index in [1.165, 1.54) is 0 Å². The molecule has 2 atom stereocenters. The first kappa shape index (κ1) is 25.4. The van der Waals surface area contributed by atoms with Crippen LogP contribution >= 0.6 is 11.8 Å². The molecule has 0 heterocycles. The monoisotopic (exact) mass is 337 g/mol. The van der Waals surface area contributed by atoms with E-state index in [4.69, 9.17) is 27.4 Å². The first-order valence-corrected chi connectivity index (χ1v) is 7.41. The predicted octanol–water partition coefficient (Wildman–Crippen LogP) is -0.477. The van der Waals surface area contributed by atoms with Crippen LogP contribution in [0.15, 0.2) is 0 Å². The van der Waals surface area contributed by atoms with Crippen molar-refractivity contribution < 1.29 is 22.7 Å². The Labute approximate surface area is 157 Å². The molecule has 0 rings (SSSR count). The van der Waals surface area contributed by atoms with Crippen LogP contribution in [0.3, 0.4) is 0 Å². The normalized spacial score (nSPS) is 12.4. The molecule has 0 aliphatic heterocycles. The fourth-order valence-electron chi connectivity index (χ4n) is 1.00. The van der Waals surface area contributed by atoms with Gasteiger partial charge in [0, 0.05) is 0 Å². The Morgan fingerprint density at radius 2 is 1.55 bits per heavy atom. The molecule has 0 saturated heterocycles. The van der Waals surface area contributed by atoms with E-state index < -0.39 is 24.0 Å². The molecule has 0 fully saturated rings. The van der Waals surface area contributed by atoms with Gasteiger partial charge in [0.2, 0.25) is 0 Å². The average Bonchev–Trinajstić information content (AvgIpc) is 2.36. The van der Waals surface area contributed by atoms with E-state index in [0.29, 0.717) is 19.4 Å². The molecule has 9 heteroatoms. The van der Waals surface area contributed by atoms with E-state index in [1.54, 1.807) is 11.8 Å². The van der Waals surface area contributed by atoms with Gasteiger partial charge in [0.15, 0.2) is 0 Å². The third kappa shape index (κ3) is 18.4. The van der Waals surface area contributed by atoms with Gasteiger partial charge in [-0.2, -0.15) is 11.8 Å². The molecule has 0 aromatic heterocycles. The number of aliphatic carboxylic acids is 2. The summed E-state index contributed by atoms with van der Waals surface area (Å²) >= 11 is 1.60. The summed E-state index contributed by atoms with van der Waals surface area (Å²) < 4.78 is 0. The summed E-state index contributed by atoms with van der Waals surface area (Å²) in [6.07, 6.45) is 4.64. The Balaban J connectivity index is -0.0000000774. The van der Waals surface area contributed by atoms with Crippen LogP contribution in [0.25, 0.3) is 0 Å². The molecule has 8 N–H and O–H groups in total. The molecule has 7 nitrogen and oxygen atoms in total. The maximum Gasteiger partial charge on any atom is 2.00 e. The second-order valence-electron chi connectivity index (χ2n) is 3.96. The molecule has 0 aliphatic carbocycles. The van der Waals surface area contributed by atoms with Crippen LogP contribution in [-0.4, -0.2) is 90.5 Å². The number of carboxylic acid groups (broad SMARTS) is 2. The zero-order chi connectivity index (χ0) is 15.3. The predicted molar refractivity (Wildman–Crippen MR) is 85.1 cm³/mol. The smallest absolute Gasteiger partial charge is 1.00 e. The van der Waals surface area contributed by atoms with Crippen molar-refractivity contribution in [1.82, 2.24) is 0 Å². The number of carbonyl (C=O) groups is 2. The fourth-order valence-corrected chi connectivity index (χ4v) is 1.49. The summed E-state index contributed by atoms with van der Waals surface area (Å²) in [6, 6.07) is -1.40. The third-order valence-corrected chi connectivity index (χ3v) is 2.88. The van der Waals surface area contributed by atoms with E-state index in [0.717, 1.165) is 18.6 Å². The summed E-state index contributed by atoms with van der Waals surface area (Å²) in [7, 11) is 0. The molecule has 2 unspecified atom stereocenters. The van der Waals surface area contributed by atoms with Gasteiger partial charge in [0.05, 0.1) is 0 Å². The maximum atomic E-state index is 10.1. The summed E-state index contributed by atoms with van der Waals surface area (Å²) in [5.41, 5.74) is 15.6. The number of hydrogen-bond acceptors (Lipinski definition) is 6. The van der Waals surface area contributed by atoms with E-state index >= 15 is 0 Å². The minimum atomic E-state index is -0.933. The topological polar surface area (TPSA) is 153 Å². The van der Waals surface area contributed by atoms with Crippen molar-refractivity contribution in [2.75, 3.05) is 18.6 Å². The van der Waals surface area contributed by atoms with Crippen LogP contribution in [0.4, 0.5) is 0 Å². The van der Waals surface area contributed by atoms with Gasteiger partial charge in [-0.1, -0.05) is 6.42 Å². The van der Waals surface area contributed by atoms with Gasteiger partial charge in [-0.25, -0.2) is 0 Å². The molecule has 0 spiro atoms. The minimum Gasteiger partial charge on any atom is -1.00 e. The second kappa shape index (κ2) is 17.5. The van der Waals surface area contributed by atoms with Crippen molar-refractivity contribution in [3.05, 3.63) is 0 Å². The number of nitrogens with two attached hydrogens (primary N) is 3. The van der Waals surface area contributed by atoms with Crippen LogP contribution in [0.5, 0.6) is 0 Å². The van der Waals surface area contributed by atoms with Crippen LogP contribution in [0, 0.1) is 0 Å². The zero-order valence-corrected chi connectivity index (χ0v) is 15.0. The van der Waals surface area contributed by atoms with Crippen molar-refractivity contribution in [3.63, 3.8) is 0 Å². The van der Waals surface area contributed by atoms with E-state index in [9.17, 15) is 9.59 Å². The molecular weight excluding hydrogens is 310 g/mol. The van der Waals surface area contributed by atoms with Gasteiger partial charge in [0.25, 0.3) is 0 Å². The van der Waals surface area contributed by atoms with E-state index in [1.807, 2.05) is 6.26 Å². The number of hydrogen-bond donors (Lipinski definition) is 5. The first-order chi connectivity index (χ1) is 8.86. The van der Waals surface area contributed by atoms with Crippen molar-refractivity contribution in [1.29, 1.82) is 0 Å². The molecule has 0 saturated carbocycles. The first-order valence-electron chi connectivity index (χ1n) is 6.02. The molecular formula is C11H27CaN3O4S. The number of carboxylic acids is 2. The Morgan fingerprint density at radius 3 is 1.90 bits per heavy atom. The number of thioether (sulfide) groups is 1. The van der Waals surface area contributed by atoms with Crippen molar-refractivity contribution in [3.8, 4) is 0 Å². The molecule has 0 amide bonds. The Bertz CT molecular complexity index is 269. The van der Waals surface area contributed by atoms with Gasteiger partial charge in [0.1, 0.15) is 12.1 Å². The Morgan fingerprint density at radius 1 is 1.10 bits per heavy atom. The molecule has 0 aliphatic rings. The summed E-state index contributed by atoms with van der Waals surface area (Å²) in [5, 5.41) is 16.6. The zero-order valence-electron chi connectivity index (χ0n) is 14.0. The molecule has 0 aromatic carbocycles. The largest absolute Gasteiger partial charge is 2.00 e. The standard InChI is InChI=1S/C6H14N2O2.C5H11NO2S.Ca.2H/c7-4-2-1-3-5(8)6(9)10;1-9-3-2-4(6)5(7)8;;;/h5H,1-4,7-8H2,(H,9,10);4H,2-3,6H2,1H3,(H,7,8);;;/q;;+2;2*-1. The Kier molecular flexibility index (Phi) is 22.2. The molecule has 0 aromatic rings. The number of rotatable bonds is 9. The van der Waals surface area contributed by atoms with Gasteiger partial charge >= 0.3 is 49.7 Å². The third-order valence-electron chi connectivity index (χ3n) is 2.24. The summed E-state index contributed by atoms with van der Waals surface area (Å²) in [5.74, 6) is -1.03. The van der Waals surface area contributed by atoms with E-state index in [-0.39, 0.29) is 40.6 Å². The Hall–Kier alpha value is 0.430. The quantitative estimate of drug-likeness (QED) is 0.279. The maximum absolute atomic E-state index is 10.1. The molecule has 118 valence electrons. The van der Waals surface area contributed by atoms with Crippen LogP contribution in [0.1, 0.15) is 28.5 Å². The van der Waals surface area contributed by atoms with Gasteiger partial charge < -0.3 is 30.3 Å². The van der Waals surface area contributed by atoms with Crippen molar-refractivity contribution in [2.24, 2.45) is 17.2 Å². The fraction of sp³-hybridized carbons (Fsp3) is 0.818. The minimum absolute atomic E-state index is 0. The van der Waals surface area contributed by atoms with E-state index in [2.05, 4.69) is 0 Å². The van der Waals surface area contributed by atoms with Gasteiger partial charge in [-0.15, -0.1) is 0 Å². The summed E-state index contributed by atoms with van der Waals surface area (Å²) in [4.78, 5) is 20.2. The molecule has 0 bridgehead atoms. The van der Waals surface area contributed by atoms with Crippen LogP contribution in [0.2, 0.25) is 0 Å². The van der Waals surface area contributed by atoms with Gasteiger partial charge in [-0.3, -0.25) is 9.59 Å². The van der Waals surface area contributed by atoms with Crippen molar-refractivity contribution >= 4 is 61.4 Å². The molecule has 0 radical (unpaired) electrons. The van der Waals surface area contributed by atoms with Gasteiger partial charge in [-0.05, 0) is 37.8 Å². The van der Waals surface area contributed by atoms with Crippen LogP contribution < -0.4 is 17.2 Å². The van der Waals surface area contributed by atoms with Crippen LogP contribution in [-0.2, 0) is 9.59 Å².